The lowest BCUT2D eigenvalue weighted by Crippen LogP contribution is -2.44. The number of hydrogen-bond donors (Lipinski definition) is 2. The summed E-state index contributed by atoms with van der Waals surface area (Å²) in [5, 5.41) is 3.59. The zero-order valence-electron chi connectivity index (χ0n) is 17.4. The van der Waals surface area contributed by atoms with Crippen LogP contribution >= 0.6 is 0 Å². The van der Waals surface area contributed by atoms with E-state index in [1.54, 1.807) is 24.3 Å². The van der Waals surface area contributed by atoms with E-state index in [4.69, 9.17) is 0 Å². The first-order chi connectivity index (χ1) is 14.8. The lowest BCUT2D eigenvalue weighted by Gasteiger charge is -2.40. The number of carbonyl (C=O) groups is 1. The number of nitrogens with one attached hydrogen (secondary N) is 2. The van der Waals surface area contributed by atoms with Crippen molar-refractivity contribution in [2.75, 3.05) is 21.2 Å². The normalized spacial score (nSPS) is 18.2. The van der Waals surface area contributed by atoms with Gasteiger partial charge in [-0.1, -0.05) is 36.4 Å². The molecule has 0 saturated heterocycles. The van der Waals surface area contributed by atoms with Gasteiger partial charge in [-0.3, -0.25) is 9.52 Å². The fourth-order valence-corrected chi connectivity index (χ4v) is 4.59. The molecule has 1 aliphatic rings. The summed E-state index contributed by atoms with van der Waals surface area (Å²) in [4.78, 5) is 15.2. The molecule has 3 aromatic rings. The summed E-state index contributed by atoms with van der Waals surface area (Å²) in [6.07, 6.45) is 1.86. The number of benzene rings is 3. The number of hydrogen-bond acceptors (Lipinski definition) is 4. The Labute approximate surface area is 183 Å². The first kappa shape index (κ1) is 20.9. The molecule has 0 aromatic heterocycles. The predicted octanol–water partition coefficient (Wildman–Crippen LogP) is 4.65. The molecule has 160 valence electrons. The van der Waals surface area contributed by atoms with Crippen LogP contribution in [-0.2, 0) is 10.0 Å². The van der Waals surface area contributed by atoms with Crippen molar-refractivity contribution >= 4 is 33.0 Å². The number of anilines is 3. The molecule has 0 spiro atoms. The third kappa shape index (κ3) is 4.72. The van der Waals surface area contributed by atoms with Gasteiger partial charge in [-0.15, -0.1) is 0 Å². The summed E-state index contributed by atoms with van der Waals surface area (Å²) in [5.41, 5.74) is 3.95. The third-order valence-corrected chi connectivity index (χ3v) is 5.96. The molecule has 31 heavy (non-hydrogen) atoms. The van der Waals surface area contributed by atoms with Gasteiger partial charge in [-0.25, -0.2) is 8.42 Å². The quantitative estimate of drug-likeness (QED) is 0.611. The third-order valence-electron chi connectivity index (χ3n) is 5.36. The molecule has 2 N–H and O–H groups in total. The Morgan fingerprint density at radius 2 is 1.55 bits per heavy atom. The molecule has 0 bridgehead atoms. The lowest BCUT2D eigenvalue weighted by atomic mass is 9.90. The second-order valence-electron chi connectivity index (χ2n) is 7.83. The molecule has 0 aliphatic carbocycles. The average molecular weight is 436 g/mol. The van der Waals surface area contributed by atoms with Gasteiger partial charge in [-0.05, 0) is 61.4 Å². The number of nitrogens with zero attached hydrogens (tertiary/aromatic N) is 1. The van der Waals surface area contributed by atoms with Gasteiger partial charge in [0.05, 0.1) is 12.3 Å². The zero-order valence-corrected chi connectivity index (χ0v) is 18.3. The van der Waals surface area contributed by atoms with E-state index < -0.39 is 10.0 Å². The van der Waals surface area contributed by atoms with Crippen LogP contribution in [0.1, 0.15) is 35.3 Å². The Kier molecular flexibility index (Phi) is 5.69. The van der Waals surface area contributed by atoms with Gasteiger partial charge in [-0.2, -0.15) is 0 Å². The fourth-order valence-electron chi connectivity index (χ4n) is 4.03. The number of para-hydroxylation sites is 2. The van der Waals surface area contributed by atoms with E-state index in [1.165, 1.54) is 0 Å². The summed E-state index contributed by atoms with van der Waals surface area (Å²) in [6, 6.07) is 24.6. The van der Waals surface area contributed by atoms with Crippen molar-refractivity contribution in [2.24, 2.45) is 0 Å². The predicted molar refractivity (Wildman–Crippen MR) is 125 cm³/mol. The van der Waals surface area contributed by atoms with Gasteiger partial charge in [0, 0.05) is 28.7 Å². The van der Waals surface area contributed by atoms with Crippen LogP contribution < -0.4 is 14.9 Å². The molecule has 7 heteroatoms. The topological polar surface area (TPSA) is 78.5 Å². The first-order valence-electron chi connectivity index (χ1n) is 10.1. The second-order valence-corrected chi connectivity index (χ2v) is 9.58. The van der Waals surface area contributed by atoms with Gasteiger partial charge >= 0.3 is 0 Å². The molecule has 1 heterocycles. The second kappa shape index (κ2) is 8.43. The SMILES string of the molecule is C[C@@H]1C[C@@H](Nc2ccccc2)c2ccccc2N1C(=O)c1ccc(NS(C)(=O)=O)cc1. The Bertz CT molecular complexity index is 1180. The molecule has 3 aromatic carbocycles. The Balaban J connectivity index is 1.62. The summed E-state index contributed by atoms with van der Waals surface area (Å²) >= 11 is 0. The maximum Gasteiger partial charge on any atom is 0.258 e. The molecule has 4 rings (SSSR count). The highest BCUT2D eigenvalue weighted by atomic mass is 32.2. The van der Waals surface area contributed by atoms with Gasteiger partial charge in [0.25, 0.3) is 5.91 Å². The Morgan fingerprint density at radius 1 is 0.903 bits per heavy atom. The highest BCUT2D eigenvalue weighted by Crippen LogP contribution is 2.39. The van der Waals surface area contributed by atoms with Crippen LogP contribution in [0.5, 0.6) is 0 Å². The molecule has 0 radical (unpaired) electrons. The minimum absolute atomic E-state index is 0.0163. The molecule has 6 nitrogen and oxygen atoms in total. The molecular weight excluding hydrogens is 410 g/mol. The monoisotopic (exact) mass is 435 g/mol. The molecule has 1 aliphatic heterocycles. The largest absolute Gasteiger partial charge is 0.378 e. The molecule has 0 fully saturated rings. The molecule has 0 unspecified atom stereocenters. The molecular formula is C24H25N3O3S. The van der Waals surface area contributed by atoms with E-state index in [-0.39, 0.29) is 18.0 Å². The van der Waals surface area contributed by atoms with Crippen LogP contribution in [0.2, 0.25) is 0 Å². The number of fused-ring (bicyclic) bond motifs is 1. The van der Waals surface area contributed by atoms with E-state index in [0.717, 1.165) is 29.6 Å². The maximum atomic E-state index is 13.4. The standard InChI is InChI=1S/C24H25N3O3S/c1-17-16-22(25-19-8-4-3-5-9-19)21-10-6-7-11-23(21)27(17)24(28)18-12-14-20(15-13-18)26-31(2,29)30/h3-15,17,22,25-26H,16H2,1-2H3/t17-,22-/m1/s1. The zero-order chi connectivity index (χ0) is 22.0. The van der Waals surface area contributed by atoms with Crippen molar-refractivity contribution in [3.63, 3.8) is 0 Å². The minimum atomic E-state index is -3.36. The number of amides is 1. The first-order valence-corrected chi connectivity index (χ1v) is 12.0. The van der Waals surface area contributed by atoms with Gasteiger partial charge < -0.3 is 10.2 Å². The van der Waals surface area contributed by atoms with Crippen molar-refractivity contribution in [1.29, 1.82) is 0 Å². The van der Waals surface area contributed by atoms with Crippen molar-refractivity contribution in [3.05, 3.63) is 90.0 Å². The number of sulfonamides is 1. The smallest absolute Gasteiger partial charge is 0.258 e. The maximum absolute atomic E-state index is 13.4. The summed E-state index contributed by atoms with van der Waals surface area (Å²) < 4.78 is 25.3. The van der Waals surface area contributed by atoms with Crippen LogP contribution in [-0.4, -0.2) is 26.6 Å². The molecule has 0 saturated carbocycles. The van der Waals surface area contributed by atoms with E-state index in [1.807, 2.05) is 60.4 Å². The van der Waals surface area contributed by atoms with Gasteiger partial charge in [0.2, 0.25) is 10.0 Å². The van der Waals surface area contributed by atoms with E-state index in [0.29, 0.717) is 11.3 Å². The van der Waals surface area contributed by atoms with E-state index in [9.17, 15) is 13.2 Å². The van der Waals surface area contributed by atoms with Crippen molar-refractivity contribution in [2.45, 2.75) is 25.4 Å². The summed E-state index contributed by atoms with van der Waals surface area (Å²) in [7, 11) is -3.36. The van der Waals surface area contributed by atoms with Crippen LogP contribution in [0.15, 0.2) is 78.9 Å². The van der Waals surface area contributed by atoms with Crippen LogP contribution in [0.3, 0.4) is 0 Å². The van der Waals surface area contributed by atoms with Crippen molar-refractivity contribution in [1.82, 2.24) is 0 Å². The average Bonchev–Trinajstić information content (AvgIpc) is 2.74. The highest BCUT2D eigenvalue weighted by Gasteiger charge is 2.34. The Morgan fingerprint density at radius 3 is 2.23 bits per heavy atom. The number of carbonyl (C=O) groups excluding carboxylic acids is 1. The number of rotatable bonds is 5. The summed E-state index contributed by atoms with van der Waals surface area (Å²) in [6.45, 7) is 2.05. The fraction of sp³-hybridized carbons (Fsp3) is 0.208. The van der Waals surface area contributed by atoms with Crippen LogP contribution in [0, 0.1) is 0 Å². The van der Waals surface area contributed by atoms with Crippen molar-refractivity contribution in [3.8, 4) is 0 Å². The van der Waals surface area contributed by atoms with E-state index in [2.05, 4.69) is 16.1 Å². The lowest BCUT2D eigenvalue weighted by molar-refractivity contribution is 0.0974. The summed E-state index contributed by atoms with van der Waals surface area (Å²) in [5.74, 6) is -0.107. The molecule has 2 atom stereocenters. The van der Waals surface area contributed by atoms with Crippen LogP contribution in [0.4, 0.5) is 17.1 Å². The highest BCUT2D eigenvalue weighted by molar-refractivity contribution is 7.92. The van der Waals surface area contributed by atoms with Gasteiger partial charge in [0.15, 0.2) is 0 Å². The van der Waals surface area contributed by atoms with E-state index >= 15 is 0 Å². The Hall–Kier alpha value is -3.32. The minimum Gasteiger partial charge on any atom is -0.378 e. The van der Waals surface area contributed by atoms with Crippen molar-refractivity contribution < 1.29 is 13.2 Å². The molecule has 1 amide bonds. The van der Waals surface area contributed by atoms with Crippen LogP contribution in [0.25, 0.3) is 0 Å². The van der Waals surface area contributed by atoms with Gasteiger partial charge in [0.1, 0.15) is 0 Å².